The van der Waals surface area contributed by atoms with E-state index in [1.54, 1.807) is 0 Å². The monoisotopic (exact) mass is 278 g/mol. The van der Waals surface area contributed by atoms with E-state index in [1.165, 1.54) is 0 Å². The van der Waals surface area contributed by atoms with E-state index in [-0.39, 0.29) is 5.91 Å². The minimum absolute atomic E-state index is 0.0153. The molecule has 0 saturated carbocycles. The molecule has 110 valence electrons. The second-order valence-electron chi connectivity index (χ2n) is 5.80. The van der Waals surface area contributed by atoms with Gasteiger partial charge < -0.3 is 14.5 Å². The first-order valence-corrected chi connectivity index (χ1v) is 7.13. The second kappa shape index (κ2) is 6.33. The molecule has 1 saturated heterocycles. The van der Waals surface area contributed by atoms with E-state index < -0.39 is 0 Å². The maximum Gasteiger partial charge on any atom is 0.251 e. The summed E-state index contributed by atoms with van der Waals surface area (Å²) >= 11 is 0. The fraction of sp³-hybridized carbons (Fsp3) is 0.600. The molecule has 0 unspecified atom stereocenters. The molecule has 1 aliphatic rings. The maximum atomic E-state index is 12.1. The molecule has 2 heterocycles. The van der Waals surface area contributed by atoms with Gasteiger partial charge >= 0.3 is 0 Å². The number of nitrogens with one attached hydrogen (secondary N) is 1. The highest BCUT2D eigenvalue weighted by atomic mass is 16.5. The molecule has 1 aromatic heterocycles. The molecular weight excluding hydrogens is 254 g/mol. The van der Waals surface area contributed by atoms with E-state index in [2.05, 4.69) is 17.3 Å². The Morgan fingerprint density at radius 2 is 1.90 bits per heavy atom. The molecule has 0 bridgehead atoms. The fourth-order valence-corrected chi connectivity index (χ4v) is 2.51. The summed E-state index contributed by atoms with van der Waals surface area (Å²) in [6.07, 6.45) is 0. The van der Waals surface area contributed by atoms with Crippen molar-refractivity contribution in [3.8, 4) is 0 Å². The van der Waals surface area contributed by atoms with Crippen molar-refractivity contribution in [3.63, 3.8) is 0 Å². The molecule has 0 atom stereocenters. The molecular formula is C15H24N3O2+. The summed E-state index contributed by atoms with van der Waals surface area (Å²) in [5.74, 6) is -0.0153. The molecule has 0 aromatic carbocycles. The lowest BCUT2D eigenvalue weighted by Gasteiger charge is -2.37. The van der Waals surface area contributed by atoms with Crippen LogP contribution in [0, 0.1) is 13.8 Å². The molecule has 1 aromatic rings. The Hall–Kier alpha value is -1.46. The number of likely N-dealkylation sites (N-methyl/N-ethyl adjacent to an activating group) is 1. The minimum atomic E-state index is -0.0153. The van der Waals surface area contributed by atoms with Crippen molar-refractivity contribution < 1.29 is 14.0 Å². The molecule has 5 nitrogen and oxygen atoms in total. The van der Waals surface area contributed by atoms with E-state index in [4.69, 9.17) is 4.74 Å². The first-order valence-electron chi connectivity index (χ1n) is 7.13. The molecule has 1 fully saturated rings. The maximum absolute atomic E-state index is 12.1. The third-order valence-corrected chi connectivity index (χ3v) is 3.83. The summed E-state index contributed by atoms with van der Waals surface area (Å²) in [7, 11) is 2.22. The Labute approximate surface area is 120 Å². The Bertz CT molecular complexity index is 462. The molecule has 2 rings (SSSR count). The van der Waals surface area contributed by atoms with Crippen molar-refractivity contribution in [1.82, 2.24) is 10.3 Å². The highest BCUT2D eigenvalue weighted by molar-refractivity contribution is 5.94. The summed E-state index contributed by atoms with van der Waals surface area (Å²) in [6, 6.07) is 3.65. The zero-order valence-corrected chi connectivity index (χ0v) is 12.6. The van der Waals surface area contributed by atoms with Gasteiger partial charge in [0.25, 0.3) is 5.91 Å². The lowest BCUT2D eigenvalue weighted by atomic mass is 10.2. The van der Waals surface area contributed by atoms with E-state index in [0.717, 1.165) is 48.7 Å². The lowest BCUT2D eigenvalue weighted by Crippen LogP contribution is -2.54. The van der Waals surface area contributed by atoms with Gasteiger partial charge in [-0.1, -0.05) is 0 Å². The highest BCUT2D eigenvalue weighted by Crippen LogP contribution is 2.07. The van der Waals surface area contributed by atoms with Crippen LogP contribution in [-0.2, 0) is 4.74 Å². The third-order valence-electron chi connectivity index (χ3n) is 3.83. The quantitative estimate of drug-likeness (QED) is 0.833. The Morgan fingerprint density at radius 1 is 1.30 bits per heavy atom. The van der Waals surface area contributed by atoms with Crippen LogP contribution in [0.15, 0.2) is 12.1 Å². The number of ether oxygens (including phenoxy) is 1. The summed E-state index contributed by atoms with van der Waals surface area (Å²) in [6.45, 7) is 9.11. The summed E-state index contributed by atoms with van der Waals surface area (Å²) in [5.41, 5.74) is 2.45. The van der Waals surface area contributed by atoms with Crippen LogP contribution < -0.4 is 5.32 Å². The summed E-state index contributed by atoms with van der Waals surface area (Å²) in [4.78, 5) is 16.4. The van der Waals surface area contributed by atoms with Crippen LogP contribution in [-0.4, -0.2) is 61.8 Å². The van der Waals surface area contributed by atoms with Gasteiger partial charge in [-0.25, -0.2) is 0 Å². The van der Waals surface area contributed by atoms with Crippen molar-refractivity contribution in [1.29, 1.82) is 0 Å². The Balaban J connectivity index is 1.85. The number of pyridine rings is 1. The average molecular weight is 278 g/mol. The van der Waals surface area contributed by atoms with Crippen molar-refractivity contribution >= 4 is 5.91 Å². The zero-order valence-electron chi connectivity index (χ0n) is 12.6. The van der Waals surface area contributed by atoms with Gasteiger partial charge in [0.15, 0.2) is 0 Å². The number of morpholine rings is 1. The first kappa shape index (κ1) is 14.9. The van der Waals surface area contributed by atoms with E-state index in [9.17, 15) is 4.79 Å². The minimum Gasteiger partial charge on any atom is -0.370 e. The van der Waals surface area contributed by atoms with Gasteiger partial charge in [0.05, 0.1) is 33.4 Å². The van der Waals surface area contributed by atoms with Crippen molar-refractivity contribution in [2.24, 2.45) is 0 Å². The van der Waals surface area contributed by atoms with Gasteiger partial charge in [-0.15, -0.1) is 0 Å². The van der Waals surface area contributed by atoms with Gasteiger partial charge in [-0.2, -0.15) is 0 Å². The SMILES string of the molecule is Cc1cc(C(=O)NCC[N+]2(C)CCOCC2)cc(C)n1. The first-order chi connectivity index (χ1) is 9.48. The van der Waals surface area contributed by atoms with E-state index in [0.29, 0.717) is 12.1 Å². The van der Waals surface area contributed by atoms with Crippen molar-refractivity contribution in [2.45, 2.75) is 13.8 Å². The normalized spacial score (nSPS) is 17.8. The standard InChI is InChI=1S/C15H23N3O2/c1-12-10-14(11-13(2)17-12)15(19)16-4-5-18(3)6-8-20-9-7-18/h10-11H,4-9H2,1-3H3/p+1. The number of nitrogens with zero attached hydrogens (tertiary/aromatic N) is 2. The molecule has 1 N–H and O–H groups in total. The number of carbonyl (C=O) groups is 1. The third kappa shape index (κ3) is 4.02. The van der Waals surface area contributed by atoms with Crippen LogP contribution in [0.4, 0.5) is 0 Å². The van der Waals surface area contributed by atoms with Crippen LogP contribution in [0.5, 0.6) is 0 Å². The second-order valence-corrected chi connectivity index (χ2v) is 5.80. The van der Waals surface area contributed by atoms with Crippen LogP contribution in [0.3, 0.4) is 0 Å². The molecule has 5 heteroatoms. The largest absolute Gasteiger partial charge is 0.370 e. The molecule has 0 aliphatic carbocycles. The van der Waals surface area contributed by atoms with E-state index >= 15 is 0 Å². The van der Waals surface area contributed by atoms with Crippen molar-refractivity contribution in [3.05, 3.63) is 29.1 Å². The number of aromatic nitrogens is 1. The molecule has 20 heavy (non-hydrogen) atoms. The van der Waals surface area contributed by atoms with Gasteiger partial charge in [0.2, 0.25) is 0 Å². The van der Waals surface area contributed by atoms with Crippen LogP contribution >= 0.6 is 0 Å². The van der Waals surface area contributed by atoms with Gasteiger partial charge in [0, 0.05) is 17.0 Å². The number of carbonyl (C=O) groups excluding carboxylic acids is 1. The number of amides is 1. The van der Waals surface area contributed by atoms with Crippen LogP contribution in [0.2, 0.25) is 0 Å². The number of hydrogen-bond donors (Lipinski definition) is 1. The Kier molecular flexibility index (Phi) is 4.73. The topological polar surface area (TPSA) is 51.2 Å². The predicted octanol–water partition coefficient (Wildman–Crippen LogP) is 0.905. The molecule has 1 amide bonds. The Morgan fingerprint density at radius 3 is 2.50 bits per heavy atom. The number of aryl methyl sites for hydroxylation is 2. The molecule has 0 radical (unpaired) electrons. The van der Waals surface area contributed by atoms with Gasteiger partial charge in [0.1, 0.15) is 13.1 Å². The summed E-state index contributed by atoms with van der Waals surface area (Å²) in [5, 5.41) is 3.00. The highest BCUT2D eigenvalue weighted by Gasteiger charge is 2.24. The van der Waals surface area contributed by atoms with Crippen molar-refractivity contribution in [2.75, 3.05) is 46.4 Å². The number of quaternary nitrogens is 1. The lowest BCUT2D eigenvalue weighted by molar-refractivity contribution is -0.915. The number of hydrogen-bond acceptors (Lipinski definition) is 3. The average Bonchev–Trinajstić information content (AvgIpc) is 2.38. The van der Waals surface area contributed by atoms with Crippen LogP contribution in [0.1, 0.15) is 21.7 Å². The van der Waals surface area contributed by atoms with Gasteiger partial charge in [-0.3, -0.25) is 9.78 Å². The number of rotatable bonds is 4. The van der Waals surface area contributed by atoms with Crippen LogP contribution in [0.25, 0.3) is 0 Å². The molecule has 1 aliphatic heterocycles. The summed E-state index contributed by atoms with van der Waals surface area (Å²) < 4.78 is 6.35. The smallest absolute Gasteiger partial charge is 0.251 e. The zero-order chi connectivity index (χ0) is 14.6. The fourth-order valence-electron chi connectivity index (χ4n) is 2.51. The van der Waals surface area contributed by atoms with Gasteiger partial charge in [-0.05, 0) is 26.0 Å². The predicted molar refractivity (Wildman–Crippen MR) is 77.6 cm³/mol. The van der Waals surface area contributed by atoms with E-state index in [1.807, 2.05) is 26.0 Å². The molecule has 0 spiro atoms.